The Bertz CT molecular complexity index is 209. The average Bonchev–Trinajstić information content (AvgIpc) is 2.18. The van der Waals surface area contributed by atoms with Crippen molar-refractivity contribution in [1.82, 2.24) is 4.90 Å². The van der Waals surface area contributed by atoms with Gasteiger partial charge in [0.15, 0.2) is 0 Å². The number of carbonyl (C=O) groups excluding carboxylic acids is 1. The van der Waals surface area contributed by atoms with E-state index in [1.165, 1.54) is 0 Å². The molecule has 0 saturated carbocycles. The first-order valence-corrected chi connectivity index (χ1v) is 5.78. The maximum atomic E-state index is 11.4. The monoisotopic (exact) mass is 214 g/mol. The van der Waals surface area contributed by atoms with Crippen molar-refractivity contribution in [3.63, 3.8) is 0 Å². The van der Waals surface area contributed by atoms with Crippen molar-refractivity contribution in [2.24, 2.45) is 11.7 Å². The normalized spacial score (nSPS) is 24.9. The van der Waals surface area contributed by atoms with Crippen molar-refractivity contribution in [1.29, 1.82) is 0 Å². The molecule has 1 rings (SSSR count). The zero-order valence-electron chi connectivity index (χ0n) is 9.74. The Morgan fingerprint density at radius 1 is 1.67 bits per heavy atom. The van der Waals surface area contributed by atoms with Crippen LogP contribution in [0.5, 0.6) is 0 Å². The molecule has 0 radical (unpaired) electrons. The van der Waals surface area contributed by atoms with Crippen molar-refractivity contribution in [3.05, 3.63) is 0 Å². The second-order valence-electron chi connectivity index (χ2n) is 4.31. The zero-order chi connectivity index (χ0) is 11.3. The summed E-state index contributed by atoms with van der Waals surface area (Å²) in [6.45, 7) is 6.94. The van der Waals surface area contributed by atoms with Crippen LogP contribution in [0.4, 0.5) is 0 Å². The maximum absolute atomic E-state index is 11.4. The van der Waals surface area contributed by atoms with E-state index in [-0.39, 0.29) is 17.9 Å². The number of piperidine rings is 1. The van der Waals surface area contributed by atoms with Crippen LogP contribution in [0, 0.1) is 5.92 Å². The first-order chi connectivity index (χ1) is 7.13. The molecule has 0 amide bonds. The summed E-state index contributed by atoms with van der Waals surface area (Å²) < 4.78 is 4.98. The quantitative estimate of drug-likeness (QED) is 0.697. The van der Waals surface area contributed by atoms with Gasteiger partial charge in [0, 0.05) is 19.1 Å². The van der Waals surface area contributed by atoms with E-state index in [2.05, 4.69) is 4.90 Å². The van der Waals surface area contributed by atoms with Crippen LogP contribution >= 0.6 is 0 Å². The summed E-state index contributed by atoms with van der Waals surface area (Å²) in [7, 11) is 0. The fourth-order valence-corrected chi connectivity index (χ4v) is 2.00. The Balaban J connectivity index is 2.30. The molecule has 4 nitrogen and oxygen atoms in total. The molecule has 0 aromatic rings. The lowest BCUT2D eigenvalue weighted by molar-refractivity contribution is -0.148. The first-order valence-electron chi connectivity index (χ1n) is 5.78. The third-order valence-corrected chi connectivity index (χ3v) is 2.76. The van der Waals surface area contributed by atoms with Crippen molar-refractivity contribution < 1.29 is 9.53 Å². The second-order valence-corrected chi connectivity index (χ2v) is 4.31. The van der Waals surface area contributed by atoms with Crippen LogP contribution in [0.15, 0.2) is 0 Å². The van der Waals surface area contributed by atoms with E-state index in [0.29, 0.717) is 6.61 Å². The highest BCUT2D eigenvalue weighted by Crippen LogP contribution is 2.11. The Morgan fingerprint density at radius 2 is 2.40 bits per heavy atom. The number of esters is 1. The minimum absolute atomic E-state index is 0.0461. The van der Waals surface area contributed by atoms with Crippen LogP contribution in [-0.4, -0.2) is 43.2 Å². The molecule has 0 aromatic heterocycles. The molecule has 0 bridgehead atoms. The van der Waals surface area contributed by atoms with Crippen molar-refractivity contribution in [3.8, 4) is 0 Å². The van der Waals surface area contributed by atoms with E-state index in [1.807, 2.05) is 13.8 Å². The topological polar surface area (TPSA) is 55.6 Å². The molecule has 1 aliphatic heterocycles. The molecule has 1 saturated heterocycles. The van der Waals surface area contributed by atoms with Gasteiger partial charge in [-0.1, -0.05) is 6.92 Å². The molecule has 15 heavy (non-hydrogen) atoms. The number of likely N-dealkylation sites (tertiary alicyclic amines) is 1. The predicted octanol–water partition coefficient (Wildman–Crippen LogP) is 0.609. The fourth-order valence-electron chi connectivity index (χ4n) is 2.00. The van der Waals surface area contributed by atoms with E-state index in [4.69, 9.17) is 10.5 Å². The van der Waals surface area contributed by atoms with Crippen LogP contribution in [0.3, 0.4) is 0 Å². The highest BCUT2D eigenvalue weighted by atomic mass is 16.5. The third kappa shape index (κ3) is 4.18. The number of nitrogens with zero attached hydrogens (tertiary/aromatic N) is 1. The molecule has 4 heteroatoms. The van der Waals surface area contributed by atoms with Gasteiger partial charge in [-0.2, -0.15) is 0 Å². The Morgan fingerprint density at radius 3 is 3.00 bits per heavy atom. The molecule has 2 atom stereocenters. The van der Waals surface area contributed by atoms with Gasteiger partial charge in [-0.3, -0.25) is 4.79 Å². The van der Waals surface area contributed by atoms with Crippen molar-refractivity contribution in [2.75, 3.05) is 26.2 Å². The van der Waals surface area contributed by atoms with E-state index >= 15 is 0 Å². The van der Waals surface area contributed by atoms with E-state index in [0.717, 1.165) is 32.5 Å². The molecule has 0 spiro atoms. The molecule has 2 unspecified atom stereocenters. The standard InChI is InChI=1S/C11H22N2O2/c1-3-15-11(14)9(2)7-13-6-4-5-10(12)8-13/h9-10H,3-8,12H2,1-2H3. The molecule has 0 aliphatic carbocycles. The fraction of sp³-hybridized carbons (Fsp3) is 0.909. The highest BCUT2D eigenvalue weighted by molar-refractivity contribution is 5.72. The Labute approximate surface area is 91.8 Å². The van der Waals surface area contributed by atoms with Gasteiger partial charge < -0.3 is 15.4 Å². The largest absolute Gasteiger partial charge is 0.466 e. The SMILES string of the molecule is CCOC(=O)C(C)CN1CCCC(N)C1. The Hall–Kier alpha value is -0.610. The second kappa shape index (κ2) is 6.08. The minimum Gasteiger partial charge on any atom is -0.466 e. The van der Waals surface area contributed by atoms with Gasteiger partial charge in [0.2, 0.25) is 0 Å². The maximum Gasteiger partial charge on any atom is 0.309 e. The van der Waals surface area contributed by atoms with Gasteiger partial charge in [0.25, 0.3) is 0 Å². The summed E-state index contributed by atoms with van der Waals surface area (Å²) in [4.78, 5) is 13.7. The minimum atomic E-state index is -0.100. The summed E-state index contributed by atoms with van der Waals surface area (Å²) in [5.41, 5.74) is 5.88. The summed E-state index contributed by atoms with van der Waals surface area (Å²) in [5.74, 6) is -0.146. The molecular weight excluding hydrogens is 192 g/mol. The van der Waals surface area contributed by atoms with Crippen molar-refractivity contribution >= 4 is 5.97 Å². The van der Waals surface area contributed by atoms with Crippen LogP contribution < -0.4 is 5.73 Å². The van der Waals surface area contributed by atoms with Gasteiger partial charge in [0.1, 0.15) is 0 Å². The zero-order valence-corrected chi connectivity index (χ0v) is 9.74. The summed E-state index contributed by atoms with van der Waals surface area (Å²) in [6, 6.07) is 0.271. The van der Waals surface area contributed by atoms with E-state index < -0.39 is 0 Å². The summed E-state index contributed by atoms with van der Waals surface area (Å²) in [6.07, 6.45) is 2.24. The number of carbonyl (C=O) groups is 1. The third-order valence-electron chi connectivity index (χ3n) is 2.76. The number of nitrogens with two attached hydrogens (primary N) is 1. The lowest BCUT2D eigenvalue weighted by atomic mass is 10.0. The van der Waals surface area contributed by atoms with Crippen LogP contribution in [-0.2, 0) is 9.53 Å². The molecule has 1 fully saturated rings. The number of ether oxygens (including phenoxy) is 1. The lowest BCUT2D eigenvalue weighted by Gasteiger charge is -2.31. The highest BCUT2D eigenvalue weighted by Gasteiger charge is 2.22. The van der Waals surface area contributed by atoms with Gasteiger partial charge in [-0.05, 0) is 26.3 Å². The van der Waals surface area contributed by atoms with E-state index in [9.17, 15) is 4.79 Å². The lowest BCUT2D eigenvalue weighted by Crippen LogP contribution is -2.45. The van der Waals surface area contributed by atoms with Gasteiger partial charge in [-0.25, -0.2) is 0 Å². The smallest absolute Gasteiger partial charge is 0.309 e. The molecule has 88 valence electrons. The van der Waals surface area contributed by atoms with Crippen LogP contribution in [0.2, 0.25) is 0 Å². The summed E-state index contributed by atoms with van der Waals surface area (Å²) in [5, 5.41) is 0. The molecule has 1 aliphatic rings. The van der Waals surface area contributed by atoms with Crippen molar-refractivity contribution in [2.45, 2.75) is 32.7 Å². The summed E-state index contributed by atoms with van der Waals surface area (Å²) >= 11 is 0. The molecule has 2 N–H and O–H groups in total. The molecule has 0 aromatic carbocycles. The van der Waals surface area contributed by atoms with Gasteiger partial charge in [0.05, 0.1) is 12.5 Å². The Kier molecular flexibility index (Phi) is 5.05. The predicted molar refractivity (Wildman–Crippen MR) is 59.4 cm³/mol. The van der Waals surface area contributed by atoms with Crippen LogP contribution in [0.1, 0.15) is 26.7 Å². The number of hydrogen-bond acceptors (Lipinski definition) is 4. The van der Waals surface area contributed by atoms with E-state index in [1.54, 1.807) is 0 Å². The number of hydrogen-bond donors (Lipinski definition) is 1. The van der Waals surface area contributed by atoms with Gasteiger partial charge >= 0.3 is 5.97 Å². The van der Waals surface area contributed by atoms with Crippen LogP contribution in [0.25, 0.3) is 0 Å². The molecular formula is C11H22N2O2. The first kappa shape index (κ1) is 12.5. The van der Waals surface area contributed by atoms with Gasteiger partial charge in [-0.15, -0.1) is 0 Å². The average molecular weight is 214 g/mol. The number of rotatable bonds is 4. The molecule has 1 heterocycles.